The highest BCUT2D eigenvalue weighted by Crippen LogP contribution is 2.38. The fourth-order valence-electron chi connectivity index (χ4n) is 3.98. The maximum absolute atomic E-state index is 14.5. The molecule has 0 unspecified atom stereocenters. The molecule has 0 aliphatic rings. The molecule has 0 radical (unpaired) electrons. The SMILES string of the molecule is CCc1cc(O)c(F)cc1-c1cccc(N(CN)S(=O)(=O)c2ccccc2)c1CNc1cn[nH]c1. The lowest BCUT2D eigenvalue weighted by atomic mass is 9.92. The molecule has 0 spiro atoms. The zero-order chi connectivity index (χ0) is 25.0. The number of nitrogens with two attached hydrogens (primary N) is 1. The van der Waals surface area contributed by atoms with Gasteiger partial charge in [-0.2, -0.15) is 5.10 Å². The van der Waals surface area contributed by atoms with E-state index < -0.39 is 21.6 Å². The summed E-state index contributed by atoms with van der Waals surface area (Å²) in [6, 6.07) is 15.9. The van der Waals surface area contributed by atoms with Gasteiger partial charge in [0.2, 0.25) is 0 Å². The van der Waals surface area contributed by atoms with Crippen LogP contribution in [0.2, 0.25) is 0 Å². The van der Waals surface area contributed by atoms with Crippen LogP contribution in [0, 0.1) is 5.82 Å². The van der Waals surface area contributed by atoms with Gasteiger partial charge < -0.3 is 16.2 Å². The number of aromatic hydroxyl groups is 1. The number of hydrogen-bond acceptors (Lipinski definition) is 6. The first kappa shape index (κ1) is 24.2. The van der Waals surface area contributed by atoms with Crippen LogP contribution in [0.1, 0.15) is 18.1 Å². The van der Waals surface area contributed by atoms with E-state index >= 15 is 0 Å². The van der Waals surface area contributed by atoms with Crippen molar-refractivity contribution in [3.8, 4) is 16.9 Å². The van der Waals surface area contributed by atoms with Gasteiger partial charge in [0.25, 0.3) is 10.0 Å². The number of aromatic nitrogens is 2. The van der Waals surface area contributed by atoms with Gasteiger partial charge in [-0.1, -0.05) is 37.3 Å². The van der Waals surface area contributed by atoms with Crippen LogP contribution in [-0.4, -0.2) is 30.4 Å². The predicted octanol–water partition coefficient (Wildman–Crippen LogP) is 4.21. The lowest BCUT2D eigenvalue weighted by molar-refractivity contribution is 0.432. The van der Waals surface area contributed by atoms with Crippen molar-refractivity contribution in [3.63, 3.8) is 0 Å². The predicted molar refractivity (Wildman–Crippen MR) is 134 cm³/mol. The molecule has 0 aliphatic heterocycles. The summed E-state index contributed by atoms with van der Waals surface area (Å²) in [5.41, 5.74) is 9.55. The number of anilines is 2. The zero-order valence-corrected chi connectivity index (χ0v) is 19.9. The molecular formula is C25H26FN5O3S. The van der Waals surface area contributed by atoms with Crippen molar-refractivity contribution in [1.29, 1.82) is 0 Å². The molecule has 35 heavy (non-hydrogen) atoms. The van der Waals surface area contributed by atoms with Crippen molar-refractivity contribution in [3.05, 3.63) is 90.0 Å². The lowest BCUT2D eigenvalue weighted by Gasteiger charge is -2.27. The summed E-state index contributed by atoms with van der Waals surface area (Å²) in [7, 11) is -3.98. The number of halogens is 1. The third-order valence-corrected chi connectivity index (χ3v) is 7.52. The van der Waals surface area contributed by atoms with Gasteiger partial charge >= 0.3 is 0 Å². The summed E-state index contributed by atoms with van der Waals surface area (Å²) in [5.74, 6) is -1.20. The van der Waals surface area contributed by atoms with E-state index in [1.807, 2.05) is 6.92 Å². The minimum absolute atomic E-state index is 0.106. The Bertz CT molecular complexity index is 1410. The first-order chi connectivity index (χ1) is 16.9. The maximum atomic E-state index is 14.5. The van der Waals surface area contributed by atoms with Gasteiger partial charge in [0, 0.05) is 18.3 Å². The number of nitrogens with zero attached hydrogens (tertiary/aromatic N) is 2. The second-order valence-corrected chi connectivity index (χ2v) is 9.67. The molecule has 0 aliphatic carbocycles. The Morgan fingerprint density at radius 2 is 1.89 bits per heavy atom. The second kappa shape index (κ2) is 10.2. The Hall–Kier alpha value is -3.89. The molecular weight excluding hydrogens is 469 g/mol. The highest BCUT2D eigenvalue weighted by molar-refractivity contribution is 7.92. The van der Waals surface area contributed by atoms with Crippen LogP contribution in [0.15, 0.2) is 78.0 Å². The third kappa shape index (κ3) is 4.84. The number of hydrogen-bond donors (Lipinski definition) is 4. The summed E-state index contributed by atoms with van der Waals surface area (Å²) in [6.07, 6.45) is 3.80. The number of aromatic amines is 1. The maximum Gasteiger partial charge on any atom is 0.265 e. The van der Waals surface area contributed by atoms with E-state index in [4.69, 9.17) is 5.73 Å². The van der Waals surface area contributed by atoms with Gasteiger partial charge in [-0.25, -0.2) is 12.8 Å². The largest absolute Gasteiger partial charge is 0.505 e. The highest BCUT2D eigenvalue weighted by Gasteiger charge is 2.27. The van der Waals surface area contributed by atoms with E-state index in [1.54, 1.807) is 48.8 Å². The summed E-state index contributed by atoms with van der Waals surface area (Å²) >= 11 is 0. The molecule has 4 aromatic rings. The molecule has 0 atom stereocenters. The number of aryl methyl sites for hydroxylation is 1. The number of nitrogens with one attached hydrogen (secondary N) is 2. The Labute approximate surface area is 203 Å². The van der Waals surface area contributed by atoms with Crippen molar-refractivity contribution >= 4 is 21.4 Å². The molecule has 1 heterocycles. The van der Waals surface area contributed by atoms with Gasteiger partial charge in [0.05, 0.1) is 29.1 Å². The monoisotopic (exact) mass is 495 g/mol. The normalized spacial score (nSPS) is 11.4. The second-order valence-electron chi connectivity index (χ2n) is 7.81. The first-order valence-electron chi connectivity index (χ1n) is 11.0. The number of phenols is 1. The summed E-state index contributed by atoms with van der Waals surface area (Å²) in [6.45, 7) is 1.80. The standard InChI is InChI=1S/C25H26FN5O3S/c1-2-17-11-25(32)23(26)12-21(17)20-9-6-10-24(22(20)15-28-18-13-29-30-14-18)31(16-27)35(33,34)19-7-4-3-5-8-19/h3-14,28,32H,2,15-16,27H2,1H3,(H,29,30). The molecule has 0 fully saturated rings. The smallest absolute Gasteiger partial charge is 0.265 e. The fourth-order valence-corrected chi connectivity index (χ4v) is 5.36. The van der Waals surface area contributed by atoms with E-state index in [2.05, 4.69) is 15.5 Å². The van der Waals surface area contributed by atoms with Crippen LogP contribution in [0.3, 0.4) is 0 Å². The van der Waals surface area contributed by atoms with Crippen molar-refractivity contribution in [2.75, 3.05) is 16.3 Å². The van der Waals surface area contributed by atoms with E-state index in [1.165, 1.54) is 24.3 Å². The van der Waals surface area contributed by atoms with Crippen LogP contribution in [0.5, 0.6) is 5.75 Å². The van der Waals surface area contributed by atoms with Crippen LogP contribution >= 0.6 is 0 Å². The highest BCUT2D eigenvalue weighted by atomic mass is 32.2. The molecule has 4 rings (SSSR count). The average molecular weight is 496 g/mol. The molecule has 5 N–H and O–H groups in total. The van der Waals surface area contributed by atoms with Crippen LogP contribution < -0.4 is 15.4 Å². The number of sulfonamides is 1. The Kier molecular flexibility index (Phi) is 7.04. The van der Waals surface area contributed by atoms with Crippen LogP contribution in [0.25, 0.3) is 11.1 Å². The zero-order valence-electron chi connectivity index (χ0n) is 19.1. The number of rotatable bonds is 9. The molecule has 8 nitrogen and oxygen atoms in total. The Balaban J connectivity index is 1.92. The molecule has 0 saturated carbocycles. The molecule has 0 amide bonds. The average Bonchev–Trinajstić information content (AvgIpc) is 3.39. The lowest BCUT2D eigenvalue weighted by Crippen LogP contribution is -2.37. The van der Waals surface area contributed by atoms with Crippen molar-refractivity contribution < 1.29 is 17.9 Å². The summed E-state index contributed by atoms with van der Waals surface area (Å²) in [4.78, 5) is 0.106. The summed E-state index contributed by atoms with van der Waals surface area (Å²) in [5, 5.41) is 19.8. The molecule has 10 heteroatoms. The van der Waals surface area contributed by atoms with Gasteiger partial charge in [-0.05, 0) is 53.4 Å². The molecule has 1 aromatic heterocycles. The Morgan fingerprint density at radius 3 is 2.54 bits per heavy atom. The van der Waals surface area contributed by atoms with E-state index in [0.29, 0.717) is 34.5 Å². The number of H-pyrrole nitrogens is 1. The van der Waals surface area contributed by atoms with E-state index in [0.717, 1.165) is 9.87 Å². The summed E-state index contributed by atoms with van der Waals surface area (Å²) < 4.78 is 42.7. The van der Waals surface area contributed by atoms with Gasteiger partial charge in [-0.3, -0.25) is 9.40 Å². The van der Waals surface area contributed by atoms with Crippen molar-refractivity contribution in [2.45, 2.75) is 24.8 Å². The van der Waals surface area contributed by atoms with E-state index in [9.17, 15) is 17.9 Å². The van der Waals surface area contributed by atoms with Gasteiger partial charge in [0.15, 0.2) is 11.6 Å². The molecule has 3 aromatic carbocycles. The van der Waals surface area contributed by atoms with Crippen LogP contribution in [-0.2, 0) is 23.0 Å². The van der Waals surface area contributed by atoms with Gasteiger partial charge in [-0.15, -0.1) is 0 Å². The van der Waals surface area contributed by atoms with Crippen molar-refractivity contribution in [2.24, 2.45) is 5.73 Å². The van der Waals surface area contributed by atoms with Gasteiger partial charge in [0.1, 0.15) is 0 Å². The Morgan fingerprint density at radius 1 is 1.11 bits per heavy atom. The van der Waals surface area contributed by atoms with Crippen LogP contribution in [0.4, 0.5) is 15.8 Å². The quantitative estimate of drug-likeness (QED) is 0.258. The topological polar surface area (TPSA) is 124 Å². The number of benzene rings is 3. The minimum atomic E-state index is -3.98. The minimum Gasteiger partial charge on any atom is -0.505 e. The number of phenolic OH excluding ortho intramolecular Hbond substituents is 1. The van der Waals surface area contributed by atoms with Crippen molar-refractivity contribution in [1.82, 2.24) is 10.2 Å². The fraction of sp³-hybridized carbons (Fsp3) is 0.160. The van der Waals surface area contributed by atoms with E-state index in [-0.39, 0.29) is 18.1 Å². The first-order valence-corrected chi connectivity index (χ1v) is 12.4. The molecule has 0 saturated heterocycles. The molecule has 182 valence electrons. The molecule has 0 bridgehead atoms. The third-order valence-electron chi connectivity index (χ3n) is 5.73.